The lowest BCUT2D eigenvalue weighted by atomic mass is 10.1. The minimum Gasteiger partial charge on any atom is -0.490 e. The molecule has 18 heavy (non-hydrogen) atoms. The lowest BCUT2D eigenvalue weighted by Crippen LogP contribution is -2.28. The fourth-order valence-electron chi connectivity index (χ4n) is 2.14. The van der Waals surface area contributed by atoms with Crippen LogP contribution in [0, 0.1) is 0 Å². The Hall–Kier alpha value is -1.23. The number of ether oxygens (including phenoxy) is 1. The van der Waals surface area contributed by atoms with Crippen molar-refractivity contribution in [3.8, 4) is 5.75 Å². The number of benzene rings is 1. The molecule has 0 bridgehead atoms. The maximum Gasteiger partial charge on any atom is 0.407 e. The monoisotopic (exact) mass is 259 g/mol. The number of hydrogen-bond donors (Lipinski definition) is 1. The molecule has 0 spiro atoms. The Bertz CT molecular complexity index is 382. The quantitative estimate of drug-likeness (QED) is 0.900. The third-order valence-electron chi connectivity index (χ3n) is 3.20. The number of alkyl halides is 3. The summed E-state index contributed by atoms with van der Waals surface area (Å²) in [5, 5.41) is 0. The molecule has 0 radical (unpaired) electrons. The molecule has 1 saturated carbocycles. The minimum atomic E-state index is -4.41. The van der Waals surface area contributed by atoms with Crippen LogP contribution in [0.2, 0.25) is 0 Å². The van der Waals surface area contributed by atoms with Crippen LogP contribution in [0.25, 0.3) is 0 Å². The van der Waals surface area contributed by atoms with Crippen molar-refractivity contribution in [2.45, 2.75) is 44.0 Å². The Morgan fingerprint density at radius 2 is 1.67 bits per heavy atom. The van der Waals surface area contributed by atoms with Gasteiger partial charge < -0.3 is 10.5 Å². The highest BCUT2D eigenvalue weighted by Gasteiger charge is 2.37. The molecule has 1 aliphatic rings. The summed E-state index contributed by atoms with van der Waals surface area (Å²) in [5.41, 5.74) is 5.18. The standard InChI is InChI=1S/C13H16F3NO/c14-13(15,16)12(17)9-5-7-11(8-6-9)18-10-3-1-2-4-10/h5-8,10,12H,1-4,17H2/t12-/m0/s1. The highest BCUT2D eigenvalue weighted by Crippen LogP contribution is 2.31. The van der Waals surface area contributed by atoms with E-state index in [-0.39, 0.29) is 11.7 Å². The first kappa shape index (κ1) is 13.2. The van der Waals surface area contributed by atoms with Crippen molar-refractivity contribution in [3.05, 3.63) is 29.8 Å². The Balaban J connectivity index is 2.00. The van der Waals surface area contributed by atoms with Gasteiger partial charge in [-0.1, -0.05) is 12.1 Å². The van der Waals surface area contributed by atoms with Gasteiger partial charge in [0.05, 0.1) is 6.10 Å². The molecule has 1 aromatic carbocycles. The average Bonchev–Trinajstić information content (AvgIpc) is 2.81. The van der Waals surface area contributed by atoms with E-state index in [1.54, 1.807) is 12.1 Å². The molecule has 0 aliphatic heterocycles. The summed E-state index contributed by atoms with van der Waals surface area (Å²) in [4.78, 5) is 0. The van der Waals surface area contributed by atoms with Gasteiger partial charge in [0.15, 0.2) is 0 Å². The van der Waals surface area contributed by atoms with Gasteiger partial charge in [0.2, 0.25) is 0 Å². The lowest BCUT2D eigenvalue weighted by Gasteiger charge is -2.17. The smallest absolute Gasteiger partial charge is 0.407 e. The summed E-state index contributed by atoms with van der Waals surface area (Å²) < 4.78 is 42.9. The molecule has 100 valence electrons. The molecule has 5 heteroatoms. The van der Waals surface area contributed by atoms with Gasteiger partial charge in [-0.15, -0.1) is 0 Å². The third kappa shape index (κ3) is 3.16. The van der Waals surface area contributed by atoms with Gasteiger partial charge in [-0.05, 0) is 43.4 Å². The number of nitrogens with two attached hydrogens (primary N) is 1. The fraction of sp³-hybridized carbons (Fsp3) is 0.538. The molecule has 2 N–H and O–H groups in total. The first-order chi connectivity index (χ1) is 8.47. The molecule has 1 aromatic rings. The second-order valence-corrected chi connectivity index (χ2v) is 4.61. The highest BCUT2D eigenvalue weighted by atomic mass is 19.4. The molecule has 0 unspecified atom stereocenters. The number of rotatable bonds is 3. The van der Waals surface area contributed by atoms with Crippen LogP contribution < -0.4 is 10.5 Å². The van der Waals surface area contributed by atoms with Crippen LogP contribution >= 0.6 is 0 Å². The molecule has 0 heterocycles. The van der Waals surface area contributed by atoms with Gasteiger partial charge in [-0.2, -0.15) is 13.2 Å². The predicted octanol–water partition coefficient (Wildman–Crippen LogP) is 3.57. The summed E-state index contributed by atoms with van der Waals surface area (Å²) in [5.74, 6) is 0.611. The van der Waals surface area contributed by atoms with Crippen molar-refractivity contribution in [2.24, 2.45) is 5.73 Å². The zero-order valence-corrected chi connectivity index (χ0v) is 9.91. The van der Waals surface area contributed by atoms with Crippen molar-refractivity contribution in [1.82, 2.24) is 0 Å². The van der Waals surface area contributed by atoms with Gasteiger partial charge >= 0.3 is 6.18 Å². The van der Waals surface area contributed by atoms with Gasteiger partial charge in [0, 0.05) is 0 Å². The van der Waals surface area contributed by atoms with Crippen molar-refractivity contribution in [2.75, 3.05) is 0 Å². The first-order valence-electron chi connectivity index (χ1n) is 6.06. The van der Waals surface area contributed by atoms with Crippen molar-refractivity contribution in [3.63, 3.8) is 0 Å². The van der Waals surface area contributed by atoms with E-state index in [2.05, 4.69) is 0 Å². The normalized spacial score (nSPS) is 18.9. The Morgan fingerprint density at radius 3 is 2.17 bits per heavy atom. The first-order valence-corrected chi connectivity index (χ1v) is 6.06. The maximum absolute atomic E-state index is 12.4. The van der Waals surface area contributed by atoms with Crippen LogP contribution in [0.1, 0.15) is 37.3 Å². The SMILES string of the molecule is N[C@@H](c1ccc(OC2CCCC2)cc1)C(F)(F)F. The summed E-state index contributed by atoms with van der Waals surface area (Å²) in [7, 11) is 0. The number of halogens is 3. The molecule has 1 atom stereocenters. The summed E-state index contributed by atoms with van der Waals surface area (Å²) in [6.45, 7) is 0. The molecule has 2 nitrogen and oxygen atoms in total. The van der Waals surface area contributed by atoms with E-state index in [0.29, 0.717) is 5.75 Å². The minimum absolute atomic E-state index is 0.0567. The Labute approximate surface area is 104 Å². The topological polar surface area (TPSA) is 35.2 Å². The molecule has 0 aromatic heterocycles. The van der Waals surface area contributed by atoms with Crippen LogP contribution in [0.3, 0.4) is 0 Å². The van der Waals surface area contributed by atoms with Crippen LogP contribution in [-0.4, -0.2) is 12.3 Å². The molecular weight excluding hydrogens is 243 g/mol. The van der Waals surface area contributed by atoms with E-state index >= 15 is 0 Å². The van der Waals surface area contributed by atoms with Crippen LogP contribution in [0.5, 0.6) is 5.75 Å². The summed E-state index contributed by atoms with van der Waals surface area (Å²) >= 11 is 0. The second kappa shape index (κ2) is 5.18. The van der Waals surface area contributed by atoms with Crippen LogP contribution in [0.4, 0.5) is 13.2 Å². The van der Waals surface area contributed by atoms with Gasteiger partial charge in [0.25, 0.3) is 0 Å². The van der Waals surface area contributed by atoms with Gasteiger partial charge in [0.1, 0.15) is 11.8 Å². The van der Waals surface area contributed by atoms with Crippen molar-refractivity contribution < 1.29 is 17.9 Å². The molecule has 2 rings (SSSR count). The van der Waals surface area contributed by atoms with Crippen molar-refractivity contribution >= 4 is 0 Å². The average molecular weight is 259 g/mol. The fourth-order valence-corrected chi connectivity index (χ4v) is 2.14. The summed E-state index contributed by atoms with van der Waals surface area (Å²) in [6.07, 6.45) is 0.136. The zero-order chi connectivity index (χ0) is 13.2. The van der Waals surface area contributed by atoms with Crippen LogP contribution in [-0.2, 0) is 0 Å². The van der Waals surface area contributed by atoms with Gasteiger partial charge in [-0.25, -0.2) is 0 Å². The maximum atomic E-state index is 12.4. The molecule has 0 amide bonds. The molecule has 1 aliphatic carbocycles. The van der Waals surface area contributed by atoms with Crippen LogP contribution in [0.15, 0.2) is 24.3 Å². The predicted molar refractivity (Wildman–Crippen MR) is 62.3 cm³/mol. The van der Waals surface area contributed by atoms with E-state index in [1.165, 1.54) is 12.1 Å². The van der Waals surface area contributed by atoms with E-state index in [4.69, 9.17) is 10.5 Å². The third-order valence-corrected chi connectivity index (χ3v) is 3.20. The Morgan fingerprint density at radius 1 is 1.11 bits per heavy atom. The lowest BCUT2D eigenvalue weighted by molar-refractivity contribution is -0.149. The number of hydrogen-bond acceptors (Lipinski definition) is 2. The molecule has 0 saturated heterocycles. The highest BCUT2D eigenvalue weighted by molar-refractivity contribution is 5.29. The molecule has 1 fully saturated rings. The second-order valence-electron chi connectivity index (χ2n) is 4.61. The van der Waals surface area contributed by atoms with E-state index in [1.807, 2.05) is 0 Å². The summed E-state index contributed by atoms with van der Waals surface area (Å²) in [6, 6.07) is 3.93. The van der Waals surface area contributed by atoms with Crippen molar-refractivity contribution in [1.29, 1.82) is 0 Å². The van der Waals surface area contributed by atoms with E-state index in [0.717, 1.165) is 25.7 Å². The van der Waals surface area contributed by atoms with E-state index < -0.39 is 12.2 Å². The largest absolute Gasteiger partial charge is 0.490 e. The van der Waals surface area contributed by atoms with E-state index in [9.17, 15) is 13.2 Å². The zero-order valence-electron chi connectivity index (χ0n) is 9.91. The van der Waals surface area contributed by atoms with Gasteiger partial charge in [-0.3, -0.25) is 0 Å². The Kier molecular flexibility index (Phi) is 3.80. The molecular formula is C13H16F3NO.